The number of aryl methyl sites for hydroxylation is 1. The molecule has 0 saturated carbocycles. The molecule has 36 heavy (non-hydrogen) atoms. The van der Waals surface area contributed by atoms with Crippen LogP contribution in [0.1, 0.15) is 28.4 Å². The van der Waals surface area contributed by atoms with E-state index < -0.39 is 16.1 Å². The molecule has 4 aromatic rings. The third-order valence-electron chi connectivity index (χ3n) is 5.74. The lowest BCUT2D eigenvalue weighted by Gasteiger charge is -2.11. The number of anilines is 1. The van der Waals surface area contributed by atoms with Gasteiger partial charge in [0, 0.05) is 24.8 Å². The van der Waals surface area contributed by atoms with Crippen LogP contribution in [0.4, 0.5) is 10.7 Å². The Labute approximate surface area is 209 Å². The van der Waals surface area contributed by atoms with Crippen LogP contribution in [0, 0.1) is 6.92 Å². The highest BCUT2D eigenvalue weighted by Gasteiger charge is 2.17. The van der Waals surface area contributed by atoms with Crippen molar-refractivity contribution in [1.82, 2.24) is 19.6 Å². The maximum absolute atomic E-state index is 12.3. The fraction of sp³-hybridized carbons (Fsp3) is 0.192. The Balaban J connectivity index is 1.40. The van der Waals surface area contributed by atoms with Crippen molar-refractivity contribution in [2.75, 3.05) is 18.9 Å². The fourth-order valence-corrected chi connectivity index (χ4v) is 4.72. The lowest BCUT2D eigenvalue weighted by atomic mass is 10.1. The van der Waals surface area contributed by atoms with Crippen molar-refractivity contribution in [2.24, 2.45) is 0 Å². The summed E-state index contributed by atoms with van der Waals surface area (Å²) >= 11 is 0. The average Bonchev–Trinajstić information content (AvgIpc) is 3.22. The van der Waals surface area contributed by atoms with Crippen molar-refractivity contribution in [3.63, 3.8) is 0 Å². The van der Waals surface area contributed by atoms with Crippen LogP contribution in [0.2, 0.25) is 0 Å². The molecule has 0 saturated heterocycles. The smallest absolute Gasteiger partial charge is 0.328 e. The summed E-state index contributed by atoms with van der Waals surface area (Å²) in [7, 11) is -2.14. The van der Waals surface area contributed by atoms with Gasteiger partial charge in [-0.05, 0) is 68.3 Å². The minimum Gasteiger partial charge on any atom is -0.358 e. The maximum Gasteiger partial charge on any atom is 0.328 e. The third kappa shape index (κ3) is 5.38. The highest BCUT2D eigenvalue weighted by Crippen LogP contribution is 2.26. The Bertz CT molecular complexity index is 1530. The third-order valence-corrected chi connectivity index (χ3v) is 7.08. The highest BCUT2D eigenvalue weighted by molar-refractivity contribution is 7.90. The molecule has 10 heteroatoms. The lowest BCUT2D eigenvalue weighted by Crippen LogP contribution is -2.40. The summed E-state index contributed by atoms with van der Waals surface area (Å²) in [5.74, 6) is 0.628. The normalized spacial score (nSPS) is 11.3. The zero-order valence-corrected chi connectivity index (χ0v) is 21.0. The fourth-order valence-electron chi connectivity index (χ4n) is 3.79. The number of benzene rings is 3. The second-order valence-electron chi connectivity index (χ2n) is 8.37. The summed E-state index contributed by atoms with van der Waals surface area (Å²) in [5.41, 5.74) is 4.96. The Morgan fingerprint density at radius 3 is 2.31 bits per heavy atom. The van der Waals surface area contributed by atoms with E-state index in [4.69, 9.17) is 0 Å². The van der Waals surface area contributed by atoms with Gasteiger partial charge in [-0.25, -0.2) is 22.9 Å². The second-order valence-corrected chi connectivity index (χ2v) is 10.1. The summed E-state index contributed by atoms with van der Waals surface area (Å²) in [6, 6.07) is 18.7. The lowest BCUT2D eigenvalue weighted by molar-refractivity contribution is 0.101. The van der Waals surface area contributed by atoms with Gasteiger partial charge in [0.2, 0.25) is 5.95 Å². The molecule has 0 aliphatic rings. The molecule has 0 aliphatic heterocycles. The van der Waals surface area contributed by atoms with E-state index in [1.54, 1.807) is 31.3 Å². The number of Topliss-reactive ketones (excluding diaryl/α,β-unsaturated/α-hetero) is 1. The molecular formula is C26H27N5O4S. The van der Waals surface area contributed by atoms with Crippen LogP contribution in [0.5, 0.6) is 0 Å². The van der Waals surface area contributed by atoms with Gasteiger partial charge in [0.1, 0.15) is 0 Å². The first-order valence-corrected chi connectivity index (χ1v) is 12.8. The summed E-state index contributed by atoms with van der Waals surface area (Å²) in [6.45, 7) is 3.64. The Hall–Kier alpha value is -4.18. The topological polar surface area (TPSA) is 122 Å². The predicted octanol–water partition coefficient (Wildman–Crippen LogP) is 3.81. The summed E-state index contributed by atoms with van der Waals surface area (Å²) < 4.78 is 28.7. The number of nitrogens with one attached hydrogen (secondary N) is 3. The number of nitrogens with zero attached hydrogens (tertiary/aromatic N) is 2. The van der Waals surface area contributed by atoms with Crippen molar-refractivity contribution in [3.05, 3.63) is 83.4 Å². The van der Waals surface area contributed by atoms with Crippen LogP contribution < -0.4 is 15.4 Å². The van der Waals surface area contributed by atoms with E-state index in [0.717, 1.165) is 22.3 Å². The predicted molar refractivity (Wildman–Crippen MR) is 139 cm³/mol. The van der Waals surface area contributed by atoms with E-state index in [0.29, 0.717) is 23.4 Å². The van der Waals surface area contributed by atoms with Gasteiger partial charge in [-0.15, -0.1) is 0 Å². The van der Waals surface area contributed by atoms with Crippen molar-refractivity contribution in [2.45, 2.75) is 25.2 Å². The largest absolute Gasteiger partial charge is 0.358 e. The zero-order chi connectivity index (χ0) is 25.9. The maximum atomic E-state index is 12.3. The number of amides is 2. The average molecular weight is 506 g/mol. The van der Waals surface area contributed by atoms with E-state index in [1.165, 1.54) is 19.1 Å². The molecule has 0 fully saturated rings. The number of sulfonamides is 1. The number of fused-ring (bicyclic) bond motifs is 1. The number of rotatable bonds is 8. The van der Waals surface area contributed by atoms with Crippen molar-refractivity contribution in [3.8, 4) is 5.69 Å². The molecule has 0 spiro atoms. The first kappa shape index (κ1) is 24.9. The quantitative estimate of drug-likeness (QED) is 0.313. The molecule has 3 aromatic carbocycles. The van der Waals surface area contributed by atoms with Gasteiger partial charge in [-0.2, -0.15) is 0 Å². The van der Waals surface area contributed by atoms with Gasteiger partial charge in [0.05, 0.1) is 15.9 Å². The van der Waals surface area contributed by atoms with Crippen LogP contribution in [0.3, 0.4) is 0 Å². The van der Waals surface area contributed by atoms with Gasteiger partial charge in [-0.1, -0.05) is 29.8 Å². The van der Waals surface area contributed by atoms with Crippen LogP contribution in [-0.4, -0.2) is 43.4 Å². The molecule has 0 atom stereocenters. The molecule has 1 aromatic heterocycles. The van der Waals surface area contributed by atoms with Gasteiger partial charge in [-0.3, -0.25) is 9.36 Å². The molecule has 0 aliphatic carbocycles. The van der Waals surface area contributed by atoms with E-state index in [1.807, 2.05) is 46.5 Å². The molecule has 1 heterocycles. The molecule has 0 bridgehead atoms. The van der Waals surface area contributed by atoms with Gasteiger partial charge >= 0.3 is 6.03 Å². The number of hydrogen-bond donors (Lipinski definition) is 3. The molecule has 0 radical (unpaired) electrons. The van der Waals surface area contributed by atoms with E-state index >= 15 is 0 Å². The van der Waals surface area contributed by atoms with Gasteiger partial charge in [0.25, 0.3) is 10.0 Å². The molecule has 2 amide bonds. The zero-order valence-electron chi connectivity index (χ0n) is 20.2. The summed E-state index contributed by atoms with van der Waals surface area (Å²) in [5, 5.41) is 5.68. The number of urea groups is 1. The van der Waals surface area contributed by atoms with Gasteiger partial charge < -0.3 is 10.6 Å². The molecule has 0 unspecified atom stereocenters. The Kier molecular flexibility index (Phi) is 7.07. The van der Waals surface area contributed by atoms with Crippen LogP contribution in [0.25, 0.3) is 16.7 Å². The van der Waals surface area contributed by atoms with Crippen LogP contribution in [0.15, 0.2) is 71.6 Å². The SMILES string of the molecule is CNc1nc2cc(C(C)=O)ccc2n1-c1ccc(CCNC(=O)NS(=O)(=O)c2ccc(C)cc2)cc1. The molecular weight excluding hydrogens is 478 g/mol. The minimum atomic E-state index is -3.93. The molecule has 186 valence electrons. The van der Waals surface area contributed by atoms with Gasteiger partial charge in [0.15, 0.2) is 5.78 Å². The first-order valence-electron chi connectivity index (χ1n) is 11.4. The Morgan fingerprint density at radius 1 is 0.972 bits per heavy atom. The number of hydrogen-bond acceptors (Lipinski definition) is 6. The standard InChI is InChI=1S/C26H27N5O4S/c1-17-4-11-22(12-5-17)36(34,35)30-26(33)28-15-14-19-6-9-21(10-7-19)31-24-13-8-20(18(2)32)16-23(24)29-25(31)27-3/h4-13,16H,14-15H2,1-3H3,(H,27,29)(H2,28,30,33). The molecule has 4 rings (SSSR count). The Morgan fingerprint density at radius 2 is 1.67 bits per heavy atom. The molecule has 3 N–H and O–H groups in total. The van der Waals surface area contributed by atoms with E-state index in [2.05, 4.69) is 15.6 Å². The highest BCUT2D eigenvalue weighted by atomic mass is 32.2. The minimum absolute atomic E-state index is 0.0168. The van der Waals surface area contributed by atoms with Crippen molar-refractivity contribution >= 4 is 38.8 Å². The van der Waals surface area contributed by atoms with E-state index in [-0.39, 0.29) is 17.2 Å². The van der Waals surface area contributed by atoms with Crippen LogP contribution in [-0.2, 0) is 16.4 Å². The monoisotopic (exact) mass is 505 g/mol. The number of imidazole rings is 1. The van der Waals surface area contributed by atoms with E-state index in [9.17, 15) is 18.0 Å². The molecule has 9 nitrogen and oxygen atoms in total. The van der Waals surface area contributed by atoms with Crippen LogP contribution >= 0.6 is 0 Å². The number of aromatic nitrogens is 2. The number of carbonyl (C=O) groups excluding carboxylic acids is 2. The van der Waals surface area contributed by atoms with Crippen molar-refractivity contribution in [1.29, 1.82) is 0 Å². The summed E-state index contributed by atoms with van der Waals surface area (Å²) in [6.07, 6.45) is 0.518. The summed E-state index contributed by atoms with van der Waals surface area (Å²) in [4.78, 5) is 28.5. The number of carbonyl (C=O) groups is 2. The first-order chi connectivity index (χ1) is 17.2. The van der Waals surface area contributed by atoms with Crippen molar-refractivity contribution < 1.29 is 18.0 Å². The second kappa shape index (κ2) is 10.2. The number of ketones is 1.